The Labute approximate surface area is 223 Å². The van der Waals surface area contributed by atoms with Crippen molar-refractivity contribution in [3.8, 4) is 17.6 Å². The summed E-state index contributed by atoms with van der Waals surface area (Å²) < 4.78 is 10.5. The van der Waals surface area contributed by atoms with Gasteiger partial charge in [-0.25, -0.2) is 0 Å². The molecule has 2 aromatic carbocycles. The lowest BCUT2D eigenvalue weighted by molar-refractivity contribution is -0.113. The van der Waals surface area contributed by atoms with Crippen LogP contribution in [0.2, 0.25) is 0 Å². The first-order valence-corrected chi connectivity index (χ1v) is 13.2. The standard InChI is InChI=1S/C28H25N3O4S2/c1-17-25(27(33)31-21-7-4-5-8-23(21)35-3)26(24-9-6-14-36-24)20(15-29)28(30-17)37-16-22(32)18-10-12-19(34-2)13-11-18/h4-14,26,30H,16H2,1-3H3,(H,31,33)/t26-/m0/s1. The number of carbonyl (C=O) groups excluding carboxylic acids is 2. The first kappa shape index (κ1) is 26.1. The Morgan fingerprint density at radius 3 is 2.49 bits per heavy atom. The predicted molar refractivity (Wildman–Crippen MR) is 147 cm³/mol. The highest BCUT2D eigenvalue weighted by Gasteiger charge is 2.35. The molecule has 1 aliphatic heterocycles. The molecular formula is C28H25N3O4S2. The highest BCUT2D eigenvalue weighted by Crippen LogP contribution is 2.42. The molecule has 0 unspecified atom stereocenters. The van der Waals surface area contributed by atoms with E-state index in [0.717, 1.165) is 4.88 Å². The van der Waals surface area contributed by atoms with Crippen molar-refractivity contribution in [3.63, 3.8) is 0 Å². The third-order valence-electron chi connectivity index (χ3n) is 5.83. The molecule has 0 bridgehead atoms. The number of allylic oxidation sites excluding steroid dienone is 2. The molecule has 0 fully saturated rings. The van der Waals surface area contributed by atoms with E-state index < -0.39 is 5.92 Å². The topological polar surface area (TPSA) is 100 Å². The summed E-state index contributed by atoms with van der Waals surface area (Å²) in [6.45, 7) is 1.80. The summed E-state index contributed by atoms with van der Waals surface area (Å²) in [5.74, 6) is 0.361. The molecule has 1 amide bonds. The minimum atomic E-state index is -0.570. The van der Waals surface area contributed by atoms with E-state index in [1.54, 1.807) is 57.5 Å². The van der Waals surface area contributed by atoms with Gasteiger partial charge in [0.05, 0.1) is 48.2 Å². The van der Waals surface area contributed by atoms with Crippen LogP contribution < -0.4 is 20.1 Å². The molecule has 0 saturated carbocycles. The smallest absolute Gasteiger partial charge is 0.254 e. The van der Waals surface area contributed by atoms with Crippen molar-refractivity contribution in [2.24, 2.45) is 0 Å². The van der Waals surface area contributed by atoms with Crippen LogP contribution in [-0.2, 0) is 4.79 Å². The number of nitriles is 1. The molecular weight excluding hydrogens is 506 g/mol. The van der Waals surface area contributed by atoms with Gasteiger partial charge in [0.2, 0.25) is 0 Å². The maximum atomic E-state index is 13.6. The molecule has 0 spiro atoms. The van der Waals surface area contributed by atoms with Crippen molar-refractivity contribution < 1.29 is 19.1 Å². The Balaban J connectivity index is 1.62. The van der Waals surface area contributed by atoms with E-state index in [1.807, 2.05) is 29.6 Å². The molecule has 0 saturated heterocycles. The summed E-state index contributed by atoms with van der Waals surface area (Å²) in [5, 5.41) is 18.8. The van der Waals surface area contributed by atoms with Gasteiger partial charge < -0.3 is 20.1 Å². The first-order valence-electron chi connectivity index (χ1n) is 11.4. The number of rotatable bonds is 9. The van der Waals surface area contributed by atoms with Crippen LogP contribution in [0.15, 0.2) is 87.9 Å². The summed E-state index contributed by atoms with van der Waals surface area (Å²) in [6, 6.07) is 20.2. The third kappa shape index (κ3) is 5.71. The molecule has 1 aromatic heterocycles. The van der Waals surface area contributed by atoms with E-state index in [-0.39, 0.29) is 17.4 Å². The Morgan fingerprint density at radius 2 is 1.84 bits per heavy atom. The second-order valence-electron chi connectivity index (χ2n) is 8.06. The highest BCUT2D eigenvalue weighted by molar-refractivity contribution is 8.03. The van der Waals surface area contributed by atoms with Gasteiger partial charge in [0.15, 0.2) is 5.78 Å². The van der Waals surface area contributed by atoms with E-state index in [2.05, 4.69) is 16.7 Å². The largest absolute Gasteiger partial charge is 0.497 e. The van der Waals surface area contributed by atoms with E-state index in [0.29, 0.717) is 44.6 Å². The van der Waals surface area contributed by atoms with Gasteiger partial charge in [-0.2, -0.15) is 5.26 Å². The number of ether oxygens (including phenoxy) is 2. The van der Waals surface area contributed by atoms with Crippen molar-refractivity contribution in [3.05, 3.63) is 98.4 Å². The monoisotopic (exact) mass is 531 g/mol. The average molecular weight is 532 g/mol. The van der Waals surface area contributed by atoms with Crippen LogP contribution >= 0.6 is 23.1 Å². The number of amides is 1. The van der Waals surface area contributed by atoms with Gasteiger partial charge >= 0.3 is 0 Å². The molecule has 1 aliphatic rings. The van der Waals surface area contributed by atoms with Crippen LogP contribution in [-0.4, -0.2) is 31.7 Å². The van der Waals surface area contributed by atoms with Gasteiger partial charge in [-0.3, -0.25) is 9.59 Å². The normalized spacial score (nSPS) is 15.0. The highest BCUT2D eigenvalue weighted by atomic mass is 32.2. The van der Waals surface area contributed by atoms with Crippen molar-refractivity contribution in [2.75, 3.05) is 25.3 Å². The molecule has 3 aromatic rings. The number of hydrogen-bond donors (Lipinski definition) is 2. The van der Waals surface area contributed by atoms with Crippen molar-refractivity contribution >= 4 is 40.5 Å². The number of anilines is 1. The number of carbonyl (C=O) groups is 2. The zero-order valence-corrected chi connectivity index (χ0v) is 22.2. The van der Waals surface area contributed by atoms with Gasteiger partial charge in [0, 0.05) is 21.7 Å². The minimum absolute atomic E-state index is 0.0757. The SMILES string of the molecule is COc1ccc(C(=O)CSC2=C(C#N)[C@@H](c3cccs3)C(C(=O)Nc3ccccc3OC)=C(C)N2)cc1. The summed E-state index contributed by atoms with van der Waals surface area (Å²) >= 11 is 2.73. The second kappa shape index (κ2) is 11.8. The lowest BCUT2D eigenvalue weighted by Crippen LogP contribution is -2.30. The van der Waals surface area contributed by atoms with Gasteiger partial charge in [0.1, 0.15) is 11.5 Å². The lowest BCUT2D eigenvalue weighted by Gasteiger charge is -2.29. The summed E-state index contributed by atoms with van der Waals surface area (Å²) in [4.78, 5) is 27.3. The van der Waals surface area contributed by atoms with Crippen LogP contribution in [0.4, 0.5) is 5.69 Å². The molecule has 2 heterocycles. The lowest BCUT2D eigenvalue weighted by atomic mass is 9.86. The molecule has 2 N–H and O–H groups in total. The zero-order chi connectivity index (χ0) is 26.4. The number of dihydropyridines is 1. The molecule has 37 heavy (non-hydrogen) atoms. The molecule has 188 valence electrons. The van der Waals surface area contributed by atoms with E-state index in [9.17, 15) is 14.9 Å². The maximum Gasteiger partial charge on any atom is 0.254 e. The maximum absolute atomic E-state index is 13.6. The Bertz CT molecular complexity index is 1400. The molecule has 7 nitrogen and oxygen atoms in total. The second-order valence-corrected chi connectivity index (χ2v) is 10.0. The number of thiophene rings is 1. The number of Topliss-reactive ketones (excluding diaryl/α,β-unsaturated/α-hetero) is 1. The number of benzene rings is 2. The van der Waals surface area contributed by atoms with Crippen molar-refractivity contribution in [2.45, 2.75) is 12.8 Å². The van der Waals surface area contributed by atoms with Crippen LogP contribution in [0.3, 0.4) is 0 Å². The number of thioether (sulfide) groups is 1. The van der Waals surface area contributed by atoms with E-state index in [4.69, 9.17) is 9.47 Å². The van der Waals surface area contributed by atoms with Gasteiger partial charge in [0.25, 0.3) is 5.91 Å². The molecule has 0 radical (unpaired) electrons. The molecule has 0 aliphatic carbocycles. The summed E-state index contributed by atoms with van der Waals surface area (Å²) in [6.07, 6.45) is 0. The van der Waals surface area contributed by atoms with Crippen LogP contribution in [0, 0.1) is 11.3 Å². The number of ketones is 1. The molecule has 1 atom stereocenters. The van der Waals surface area contributed by atoms with Crippen molar-refractivity contribution in [1.82, 2.24) is 5.32 Å². The predicted octanol–water partition coefficient (Wildman–Crippen LogP) is 5.72. The minimum Gasteiger partial charge on any atom is -0.497 e. The fourth-order valence-electron chi connectivity index (χ4n) is 4.00. The molecule has 9 heteroatoms. The van der Waals surface area contributed by atoms with Gasteiger partial charge in [-0.05, 0) is 54.8 Å². The fourth-order valence-corrected chi connectivity index (χ4v) is 5.83. The third-order valence-corrected chi connectivity index (χ3v) is 7.79. The Morgan fingerprint density at radius 1 is 1.08 bits per heavy atom. The number of hydrogen-bond acceptors (Lipinski definition) is 8. The fraction of sp³-hybridized carbons (Fsp3) is 0.179. The van der Waals surface area contributed by atoms with Crippen LogP contribution in [0.1, 0.15) is 28.1 Å². The number of para-hydroxylation sites is 2. The average Bonchev–Trinajstić information content (AvgIpc) is 3.46. The molecule has 4 rings (SSSR count). The van der Waals surface area contributed by atoms with Crippen LogP contribution in [0.25, 0.3) is 0 Å². The summed E-state index contributed by atoms with van der Waals surface area (Å²) in [5.41, 5.74) is 2.54. The Hall–Kier alpha value is -4.00. The first-order chi connectivity index (χ1) is 18.0. The van der Waals surface area contributed by atoms with Gasteiger partial charge in [-0.1, -0.05) is 30.0 Å². The Kier molecular flexibility index (Phi) is 8.33. The quantitative estimate of drug-likeness (QED) is 0.341. The van der Waals surface area contributed by atoms with Crippen LogP contribution in [0.5, 0.6) is 11.5 Å². The number of nitrogens with one attached hydrogen (secondary N) is 2. The van der Waals surface area contributed by atoms with E-state index in [1.165, 1.54) is 23.1 Å². The number of methoxy groups -OCH3 is 2. The van der Waals surface area contributed by atoms with Crippen molar-refractivity contribution in [1.29, 1.82) is 5.26 Å². The van der Waals surface area contributed by atoms with E-state index >= 15 is 0 Å². The number of nitrogens with zero attached hydrogens (tertiary/aromatic N) is 1. The zero-order valence-electron chi connectivity index (χ0n) is 20.5. The summed E-state index contributed by atoms with van der Waals surface area (Å²) in [7, 11) is 3.11. The van der Waals surface area contributed by atoms with Gasteiger partial charge in [-0.15, -0.1) is 11.3 Å².